The van der Waals surface area contributed by atoms with E-state index in [2.05, 4.69) is 25.2 Å². The molecule has 3 N–H and O–H groups in total. The Morgan fingerprint density at radius 2 is 2.00 bits per heavy atom. The highest BCUT2D eigenvalue weighted by Crippen LogP contribution is 2.42. The van der Waals surface area contributed by atoms with Crippen molar-refractivity contribution in [3.8, 4) is 28.9 Å². The summed E-state index contributed by atoms with van der Waals surface area (Å²) in [6, 6.07) is 6.60. The number of anilines is 1. The summed E-state index contributed by atoms with van der Waals surface area (Å²) in [5.74, 6) is -1.41. The second-order valence-corrected chi connectivity index (χ2v) is 11.2. The molecular weight excluding hydrogens is 551 g/mol. The molecule has 2 saturated heterocycles. The Kier molecular flexibility index (Phi) is 7.44. The van der Waals surface area contributed by atoms with Crippen molar-refractivity contribution in [1.82, 2.24) is 19.9 Å². The number of phenolic OH excluding ortho intramolecular Hbond substituents is 1. The molecule has 2 fully saturated rings. The van der Waals surface area contributed by atoms with Crippen LogP contribution in [0.5, 0.6) is 17.6 Å². The molecule has 42 heavy (non-hydrogen) atoms. The fourth-order valence-corrected chi connectivity index (χ4v) is 6.13. The molecule has 0 aliphatic carbocycles. The lowest BCUT2D eigenvalue weighted by atomic mass is 9.95. The lowest BCUT2D eigenvalue weighted by Gasteiger charge is -2.30. The third-order valence-electron chi connectivity index (χ3n) is 7.87. The van der Waals surface area contributed by atoms with Gasteiger partial charge in [0.1, 0.15) is 46.8 Å². The van der Waals surface area contributed by atoms with Crippen molar-refractivity contribution in [1.29, 1.82) is 0 Å². The number of aromatic nitrogens is 3. The van der Waals surface area contributed by atoms with Crippen LogP contribution in [0.3, 0.4) is 0 Å². The summed E-state index contributed by atoms with van der Waals surface area (Å²) in [6.07, 6.45) is 0.716. The number of alkyl halides is 1. The van der Waals surface area contributed by atoms with E-state index in [1.165, 1.54) is 30.3 Å². The monoisotopic (exact) mass is 583 g/mol. The summed E-state index contributed by atoms with van der Waals surface area (Å²) in [4.78, 5) is 15.5. The predicted octanol–water partition coefficient (Wildman–Crippen LogP) is 4.98. The molecule has 0 spiro atoms. The fraction of sp³-hybridized carbons (Fsp3) is 0.433. The van der Waals surface area contributed by atoms with Gasteiger partial charge in [0.15, 0.2) is 5.82 Å². The number of nitrogens with zero attached hydrogens (tertiary/aromatic N) is 4. The van der Waals surface area contributed by atoms with Crippen LogP contribution in [0.4, 0.5) is 19.0 Å². The first-order valence-corrected chi connectivity index (χ1v) is 14.0. The van der Waals surface area contributed by atoms with Crippen LogP contribution in [0.25, 0.3) is 32.9 Å². The van der Waals surface area contributed by atoms with Gasteiger partial charge in [0.2, 0.25) is 5.88 Å². The number of fused-ring (bicyclic) bond motifs is 3. The maximum Gasteiger partial charge on any atom is 0.319 e. The Balaban J connectivity index is 1.53. The first-order valence-electron chi connectivity index (χ1n) is 14.0. The summed E-state index contributed by atoms with van der Waals surface area (Å²) in [5, 5.41) is 23.9. The van der Waals surface area contributed by atoms with Gasteiger partial charge in [0.05, 0.1) is 18.2 Å². The van der Waals surface area contributed by atoms with Crippen LogP contribution in [0, 0.1) is 11.6 Å². The first kappa shape index (κ1) is 28.2. The van der Waals surface area contributed by atoms with Crippen LogP contribution in [-0.4, -0.2) is 80.7 Å². The number of ether oxygens (including phenoxy) is 2. The predicted molar refractivity (Wildman–Crippen MR) is 152 cm³/mol. The lowest BCUT2D eigenvalue weighted by Crippen LogP contribution is -2.43. The molecule has 4 heterocycles. The number of halogens is 3. The maximum absolute atomic E-state index is 16.5. The van der Waals surface area contributed by atoms with E-state index in [1.54, 1.807) is 13.8 Å². The number of aromatic hydroxyl groups is 1. The molecule has 12 heteroatoms. The zero-order chi connectivity index (χ0) is 29.6. The number of benzene rings is 2. The first-order chi connectivity index (χ1) is 20.2. The zero-order valence-corrected chi connectivity index (χ0v) is 23.3. The molecule has 0 radical (unpaired) electrons. The highest BCUT2D eigenvalue weighted by Gasteiger charge is 2.49. The van der Waals surface area contributed by atoms with E-state index in [4.69, 9.17) is 9.47 Å². The number of pyridine rings is 1. The third-order valence-corrected chi connectivity index (χ3v) is 7.87. The fourth-order valence-electron chi connectivity index (χ4n) is 6.13. The molecule has 2 atom stereocenters. The lowest BCUT2D eigenvalue weighted by molar-refractivity contribution is 0.107. The molecule has 0 bridgehead atoms. The van der Waals surface area contributed by atoms with Crippen LogP contribution in [0.2, 0.25) is 0 Å². The van der Waals surface area contributed by atoms with Gasteiger partial charge in [0.25, 0.3) is 0 Å². The normalized spacial score (nSPS) is 20.5. The average Bonchev–Trinajstić information content (AvgIpc) is 3.47. The Bertz CT molecular complexity index is 1660. The molecule has 2 aliphatic rings. The summed E-state index contributed by atoms with van der Waals surface area (Å²) in [7, 11) is 0. The molecule has 2 aliphatic heterocycles. The minimum absolute atomic E-state index is 0.00733. The van der Waals surface area contributed by atoms with Gasteiger partial charge in [-0.3, -0.25) is 4.90 Å². The minimum Gasteiger partial charge on any atom is -0.508 e. The second kappa shape index (κ2) is 11.1. The largest absolute Gasteiger partial charge is 0.508 e. The van der Waals surface area contributed by atoms with Crippen molar-refractivity contribution in [3.05, 3.63) is 42.0 Å². The molecule has 0 saturated carbocycles. The molecule has 2 aromatic carbocycles. The number of aliphatic hydroxyl groups excluding tert-OH is 1. The van der Waals surface area contributed by atoms with E-state index in [-0.39, 0.29) is 71.5 Å². The second-order valence-electron chi connectivity index (χ2n) is 11.2. The highest BCUT2D eigenvalue weighted by molar-refractivity contribution is 6.01. The van der Waals surface area contributed by atoms with Crippen molar-refractivity contribution < 1.29 is 32.9 Å². The van der Waals surface area contributed by atoms with Crippen LogP contribution in [0.1, 0.15) is 33.1 Å². The summed E-state index contributed by atoms with van der Waals surface area (Å²) in [5.41, 5.74) is -0.720. The summed E-state index contributed by atoms with van der Waals surface area (Å²) in [6.45, 7) is 4.68. The summed E-state index contributed by atoms with van der Waals surface area (Å²) < 4.78 is 57.2. The molecular formula is C30H32F3N5O4. The van der Waals surface area contributed by atoms with Gasteiger partial charge in [-0.1, -0.05) is 6.07 Å². The van der Waals surface area contributed by atoms with Crippen molar-refractivity contribution >= 4 is 27.5 Å². The molecule has 2 aromatic heterocycles. The Morgan fingerprint density at radius 3 is 2.79 bits per heavy atom. The van der Waals surface area contributed by atoms with Crippen LogP contribution >= 0.6 is 0 Å². The van der Waals surface area contributed by atoms with E-state index >= 15 is 4.39 Å². The Morgan fingerprint density at radius 1 is 1.17 bits per heavy atom. The Hall–Kier alpha value is -3.90. The molecule has 6 rings (SSSR count). The van der Waals surface area contributed by atoms with Gasteiger partial charge in [0, 0.05) is 25.1 Å². The van der Waals surface area contributed by atoms with Crippen molar-refractivity contribution in [2.75, 3.05) is 38.2 Å². The van der Waals surface area contributed by atoms with Gasteiger partial charge in [-0.05, 0) is 68.3 Å². The molecule has 222 valence electrons. The molecule has 0 unspecified atom stereocenters. The van der Waals surface area contributed by atoms with Crippen LogP contribution < -0.4 is 14.8 Å². The van der Waals surface area contributed by atoms with E-state index in [0.29, 0.717) is 23.7 Å². The van der Waals surface area contributed by atoms with E-state index in [9.17, 15) is 19.0 Å². The van der Waals surface area contributed by atoms with Gasteiger partial charge >= 0.3 is 6.01 Å². The topological polar surface area (TPSA) is 113 Å². The zero-order valence-electron chi connectivity index (χ0n) is 23.3. The van der Waals surface area contributed by atoms with E-state index in [1.807, 2.05) is 0 Å². The van der Waals surface area contributed by atoms with Crippen molar-refractivity contribution in [2.24, 2.45) is 0 Å². The number of aliphatic hydroxyl groups is 1. The van der Waals surface area contributed by atoms with Crippen molar-refractivity contribution in [2.45, 2.75) is 50.9 Å². The molecule has 4 aromatic rings. The summed E-state index contributed by atoms with van der Waals surface area (Å²) >= 11 is 0. The number of hydrogen-bond donors (Lipinski definition) is 3. The average molecular weight is 584 g/mol. The van der Waals surface area contributed by atoms with Gasteiger partial charge < -0.3 is 25.0 Å². The quantitative estimate of drug-likeness (QED) is 0.251. The molecule has 9 nitrogen and oxygen atoms in total. The molecule has 0 amide bonds. The van der Waals surface area contributed by atoms with Gasteiger partial charge in [-0.15, -0.1) is 0 Å². The van der Waals surface area contributed by atoms with Gasteiger partial charge in [-0.2, -0.15) is 9.97 Å². The number of rotatable bonds is 9. The Labute approximate surface area is 240 Å². The van der Waals surface area contributed by atoms with Gasteiger partial charge in [-0.25, -0.2) is 18.2 Å². The van der Waals surface area contributed by atoms with Crippen molar-refractivity contribution in [3.63, 3.8) is 0 Å². The highest BCUT2D eigenvalue weighted by atomic mass is 19.1. The standard InChI is InChI=1S/C30H32F3N5O4/c1-16(2)42-28-23-26(24(33)25(35-28)22-12-20(40)10-17-4-5-18(31)11-21(17)22)36-29(37-27(23)34-7-9-39)41-15-30-6-3-8-38(30)14-19(32)13-30/h4-5,10-12,16,19,39-40H,3,6-9,13-15H2,1-2H3,(H,34,36,37)/t19-,30+/m1/s1. The SMILES string of the molecule is CC(C)Oc1nc(-c2cc(O)cc3ccc(F)cc23)c(F)c2nc(OC[C@@]34CCCN3C[C@H](F)C4)nc(NCCO)c12. The third kappa shape index (κ3) is 5.13. The number of phenols is 1. The minimum atomic E-state index is -0.947. The van der Waals surface area contributed by atoms with Crippen LogP contribution in [-0.2, 0) is 0 Å². The number of hydrogen-bond acceptors (Lipinski definition) is 9. The van der Waals surface area contributed by atoms with E-state index < -0.39 is 23.3 Å². The van der Waals surface area contributed by atoms with E-state index in [0.717, 1.165) is 19.4 Å². The van der Waals surface area contributed by atoms with Crippen LogP contribution in [0.15, 0.2) is 30.3 Å². The maximum atomic E-state index is 16.5. The smallest absolute Gasteiger partial charge is 0.319 e. The number of nitrogens with one attached hydrogen (secondary N) is 1.